The van der Waals surface area contributed by atoms with Crippen LogP contribution in [0.25, 0.3) is 0 Å². The number of rotatable bonds is 2. The van der Waals surface area contributed by atoms with Crippen molar-refractivity contribution in [3.8, 4) is 0 Å². The fourth-order valence-electron chi connectivity index (χ4n) is 2.83. The van der Waals surface area contributed by atoms with Crippen LogP contribution in [0.5, 0.6) is 0 Å². The summed E-state index contributed by atoms with van der Waals surface area (Å²) in [4.78, 5) is 12.0. The van der Waals surface area contributed by atoms with Gasteiger partial charge >= 0.3 is 0 Å². The molecule has 1 unspecified atom stereocenters. The van der Waals surface area contributed by atoms with Gasteiger partial charge in [0.25, 0.3) is 0 Å². The summed E-state index contributed by atoms with van der Waals surface area (Å²) in [5, 5.41) is 3.79. The molecule has 0 radical (unpaired) electrons. The molecule has 114 valence electrons. The zero-order valence-corrected chi connectivity index (χ0v) is 14.2. The number of halogens is 1. The normalized spacial score (nSPS) is 17.8. The highest BCUT2D eigenvalue weighted by Gasteiger charge is 2.26. The number of hydrogen-bond donors (Lipinski definition) is 1. The number of benzene rings is 2. The molecular formula is C18H18ClNOS. The third kappa shape index (κ3) is 3.01. The van der Waals surface area contributed by atoms with Gasteiger partial charge in [-0.1, -0.05) is 49.7 Å². The maximum Gasteiger partial charge on any atom is 0.234 e. The fraction of sp³-hybridized carbons (Fsp3) is 0.278. The maximum absolute atomic E-state index is 12.0. The number of carbonyl (C=O) groups is 1. The SMILES string of the molecule is CC(C)c1ccccc1C1SCC(=O)Nc2ccc(Cl)cc21. The molecule has 1 aliphatic rings. The molecule has 0 fully saturated rings. The molecule has 1 N–H and O–H groups in total. The van der Waals surface area contributed by atoms with E-state index in [4.69, 9.17) is 11.6 Å². The zero-order chi connectivity index (χ0) is 15.7. The summed E-state index contributed by atoms with van der Waals surface area (Å²) < 4.78 is 0. The maximum atomic E-state index is 12.0. The highest BCUT2D eigenvalue weighted by Crippen LogP contribution is 2.44. The highest BCUT2D eigenvalue weighted by atomic mass is 35.5. The number of amides is 1. The van der Waals surface area contributed by atoms with Gasteiger partial charge in [-0.25, -0.2) is 0 Å². The summed E-state index contributed by atoms with van der Waals surface area (Å²) in [7, 11) is 0. The lowest BCUT2D eigenvalue weighted by Gasteiger charge is -2.22. The van der Waals surface area contributed by atoms with Crippen LogP contribution in [-0.4, -0.2) is 11.7 Å². The van der Waals surface area contributed by atoms with Gasteiger partial charge in [0, 0.05) is 10.7 Å². The van der Waals surface area contributed by atoms with Gasteiger partial charge in [-0.3, -0.25) is 4.79 Å². The molecule has 22 heavy (non-hydrogen) atoms. The summed E-state index contributed by atoms with van der Waals surface area (Å²) in [6, 6.07) is 14.2. The largest absolute Gasteiger partial charge is 0.325 e. The van der Waals surface area contributed by atoms with Crippen molar-refractivity contribution >= 4 is 35.0 Å². The van der Waals surface area contributed by atoms with Gasteiger partial charge in [0.2, 0.25) is 5.91 Å². The number of thioether (sulfide) groups is 1. The van der Waals surface area contributed by atoms with Crippen molar-refractivity contribution in [3.63, 3.8) is 0 Å². The molecule has 3 rings (SSSR count). The van der Waals surface area contributed by atoms with Crippen LogP contribution in [0.3, 0.4) is 0 Å². The molecule has 0 saturated carbocycles. The van der Waals surface area contributed by atoms with Crippen LogP contribution in [0.1, 0.15) is 41.7 Å². The highest BCUT2D eigenvalue weighted by molar-refractivity contribution is 8.00. The van der Waals surface area contributed by atoms with E-state index in [-0.39, 0.29) is 11.2 Å². The van der Waals surface area contributed by atoms with Gasteiger partial charge < -0.3 is 5.32 Å². The predicted molar refractivity (Wildman–Crippen MR) is 94.9 cm³/mol. The molecule has 2 nitrogen and oxygen atoms in total. The van der Waals surface area contributed by atoms with Gasteiger partial charge in [0.05, 0.1) is 11.0 Å². The molecule has 1 atom stereocenters. The molecule has 0 aliphatic carbocycles. The van der Waals surface area contributed by atoms with Gasteiger partial charge in [0.15, 0.2) is 0 Å². The number of carbonyl (C=O) groups excluding carboxylic acids is 1. The zero-order valence-electron chi connectivity index (χ0n) is 12.6. The second-order valence-corrected chi connectivity index (χ2v) is 7.28. The third-order valence-electron chi connectivity index (χ3n) is 3.85. The minimum absolute atomic E-state index is 0.0399. The van der Waals surface area contributed by atoms with Gasteiger partial charge in [0.1, 0.15) is 0 Å². The van der Waals surface area contributed by atoms with Crippen molar-refractivity contribution in [2.75, 3.05) is 11.1 Å². The lowest BCUT2D eigenvalue weighted by atomic mass is 9.92. The van der Waals surface area contributed by atoms with Crippen molar-refractivity contribution in [2.24, 2.45) is 0 Å². The van der Waals surface area contributed by atoms with E-state index in [0.29, 0.717) is 16.7 Å². The Bertz CT molecular complexity index is 714. The Hall–Kier alpha value is -1.45. The van der Waals surface area contributed by atoms with Crippen LogP contribution in [0.4, 0.5) is 5.69 Å². The second kappa shape index (κ2) is 6.35. The van der Waals surface area contributed by atoms with E-state index in [1.807, 2.05) is 18.2 Å². The molecule has 1 heterocycles. The van der Waals surface area contributed by atoms with Crippen LogP contribution in [0.15, 0.2) is 42.5 Å². The van der Waals surface area contributed by atoms with Gasteiger partial charge in [-0.2, -0.15) is 0 Å². The van der Waals surface area contributed by atoms with Crippen molar-refractivity contribution in [1.29, 1.82) is 0 Å². The average molecular weight is 332 g/mol. The first-order valence-corrected chi connectivity index (χ1v) is 8.78. The molecule has 2 aromatic rings. The first kappa shape index (κ1) is 15.4. The van der Waals surface area contributed by atoms with Crippen LogP contribution in [0.2, 0.25) is 5.02 Å². The standard InChI is InChI=1S/C18H18ClNOS/c1-11(2)13-5-3-4-6-14(13)18-15-9-12(19)7-8-16(15)20-17(21)10-22-18/h3-9,11,18H,10H2,1-2H3,(H,20,21). The van der Waals surface area contributed by atoms with E-state index in [1.165, 1.54) is 11.1 Å². The van der Waals surface area contributed by atoms with Crippen molar-refractivity contribution in [3.05, 3.63) is 64.2 Å². The Morgan fingerprint density at radius 2 is 1.95 bits per heavy atom. The van der Waals surface area contributed by atoms with Crippen LogP contribution < -0.4 is 5.32 Å². The third-order valence-corrected chi connectivity index (χ3v) is 5.36. The molecule has 0 aromatic heterocycles. The Labute approximate surface area is 140 Å². The Balaban J connectivity index is 2.15. The van der Waals surface area contributed by atoms with Crippen molar-refractivity contribution in [1.82, 2.24) is 0 Å². The summed E-state index contributed by atoms with van der Waals surface area (Å²) in [6.45, 7) is 4.39. The van der Waals surface area contributed by atoms with Gasteiger partial charge in [-0.05, 0) is 40.8 Å². The minimum Gasteiger partial charge on any atom is -0.325 e. The Morgan fingerprint density at radius 3 is 2.73 bits per heavy atom. The van der Waals surface area contributed by atoms with Crippen molar-refractivity contribution < 1.29 is 4.79 Å². The van der Waals surface area contributed by atoms with E-state index in [2.05, 4.69) is 43.4 Å². The quantitative estimate of drug-likeness (QED) is 0.815. The molecule has 1 amide bonds. The van der Waals surface area contributed by atoms with E-state index in [0.717, 1.165) is 11.3 Å². The summed E-state index contributed by atoms with van der Waals surface area (Å²) in [5.74, 6) is 0.924. The molecule has 2 aromatic carbocycles. The van der Waals surface area contributed by atoms with Crippen LogP contribution in [0, 0.1) is 0 Å². The van der Waals surface area contributed by atoms with E-state index >= 15 is 0 Å². The first-order chi connectivity index (χ1) is 10.6. The lowest BCUT2D eigenvalue weighted by Crippen LogP contribution is -2.12. The van der Waals surface area contributed by atoms with E-state index in [1.54, 1.807) is 11.8 Å². The summed E-state index contributed by atoms with van der Waals surface area (Å²) in [5.41, 5.74) is 4.53. The van der Waals surface area contributed by atoms with Gasteiger partial charge in [-0.15, -0.1) is 11.8 Å². The molecule has 0 saturated heterocycles. The Kier molecular flexibility index (Phi) is 4.46. The summed E-state index contributed by atoms with van der Waals surface area (Å²) in [6.07, 6.45) is 0. The topological polar surface area (TPSA) is 29.1 Å². The Morgan fingerprint density at radius 1 is 1.18 bits per heavy atom. The second-order valence-electron chi connectivity index (χ2n) is 5.75. The monoisotopic (exact) mass is 331 g/mol. The van der Waals surface area contributed by atoms with Crippen LogP contribution in [-0.2, 0) is 4.79 Å². The number of fused-ring (bicyclic) bond motifs is 1. The fourth-order valence-corrected chi connectivity index (χ4v) is 4.17. The van der Waals surface area contributed by atoms with Crippen LogP contribution >= 0.6 is 23.4 Å². The molecular weight excluding hydrogens is 314 g/mol. The lowest BCUT2D eigenvalue weighted by molar-refractivity contribution is -0.113. The summed E-state index contributed by atoms with van der Waals surface area (Å²) >= 11 is 7.86. The minimum atomic E-state index is 0.0399. The van der Waals surface area contributed by atoms with E-state index in [9.17, 15) is 4.79 Å². The number of nitrogens with one attached hydrogen (secondary N) is 1. The first-order valence-electron chi connectivity index (χ1n) is 7.36. The smallest absolute Gasteiger partial charge is 0.234 e. The van der Waals surface area contributed by atoms with Crippen molar-refractivity contribution in [2.45, 2.75) is 25.0 Å². The molecule has 4 heteroatoms. The molecule has 1 aliphatic heterocycles. The predicted octanol–water partition coefficient (Wildman–Crippen LogP) is 5.24. The molecule has 0 spiro atoms. The molecule has 0 bridgehead atoms. The number of hydrogen-bond acceptors (Lipinski definition) is 2. The average Bonchev–Trinajstić information content (AvgIpc) is 2.65. The van der Waals surface area contributed by atoms with E-state index < -0.39 is 0 Å². The number of anilines is 1.